The molecule has 1 saturated heterocycles. The van der Waals surface area contributed by atoms with Crippen LogP contribution in [0.15, 0.2) is 18.2 Å². The maximum absolute atomic E-state index is 13.2. The molecule has 98 valence electrons. The molecule has 0 N–H and O–H groups in total. The van der Waals surface area contributed by atoms with E-state index >= 15 is 0 Å². The lowest BCUT2D eigenvalue weighted by Gasteiger charge is -2.33. The fourth-order valence-electron chi connectivity index (χ4n) is 2.40. The van der Waals surface area contributed by atoms with E-state index in [0.717, 1.165) is 31.6 Å². The summed E-state index contributed by atoms with van der Waals surface area (Å²) in [5, 5.41) is 0. The SMILES string of the molecule is COC1CCN(c2ccc(F)cc2C(C)=O)CC1. The molecular weight excluding hydrogens is 233 g/mol. The zero-order valence-electron chi connectivity index (χ0n) is 10.8. The largest absolute Gasteiger partial charge is 0.381 e. The van der Waals surface area contributed by atoms with E-state index in [9.17, 15) is 9.18 Å². The number of methoxy groups -OCH3 is 1. The molecule has 2 rings (SSSR count). The quantitative estimate of drug-likeness (QED) is 0.773. The van der Waals surface area contributed by atoms with Crippen LogP contribution >= 0.6 is 0 Å². The van der Waals surface area contributed by atoms with E-state index < -0.39 is 0 Å². The predicted octanol–water partition coefficient (Wildman–Crippen LogP) is 2.64. The lowest BCUT2D eigenvalue weighted by molar-refractivity contribution is 0.0818. The summed E-state index contributed by atoms with van der Waals surface area (Å²) < 4.78 is 18.5. The molecule has 1 aromatic rings. The first-order valence-corrected chi connectivity index (χ1v) is 6.20. The van der Waals surface area contributed by atoms with Gasteiger partial charge in [-0.1, -0.05) is 0 Å². The Morgan fingerprint density at radius 2 is 2.06 bits per heavy atom. The molecule has 1 aliphatic rings. The number of ether oxygens (including phenoxy) is 1. The highest BCUT2D eigenvalue weighted by Gasteiger charge is 2.21. The van der Waals surface area contributed by atoms with E-state index in [0.29, 0.717) is 11.7 Å². The summed E-state index contributed by atoms with van der Waals surface area (Å²) in [6, 6.07) is 4.42. The number of piperidine rings is 1. The minimum absolute atomic E-state index is 0.0987. The summed E-state index contributed by atoms with van der Waals surface area (Å²) >= 11 is 0. The Labute approximate surface area is 107 Å². The van der Waals surface area contributed by atoms with Gasteiger partial charge in [0.15, 0.2) is 5.78 Å². The van der Waals surface area contributed by atoms with E-state index in [2.05, 4.69) is 4.90 Å². The highest BCUT2D eigenvalue weighted by molar-refractivity contribution is 5.99. The number of benzene rings is 1. The molecule has 3 nitrogen and oxygen atoms in total. The number of hydrogen-bond acceptors (Lipinski definition) is 3. The maximum Gasteiger partial charge on any atom is 0.161 e. The first-order chi connectivity index (χ1) is 8.61. The number of carbonyl (C=O) groups is 1. The monoisotopic (exact) mass is 251 g/mol. The average molecular weight is 251 g/mol. The number of halogens is 1. The Hall–Kier alpha value is -1.42. The van der Waals surface area contributed by atoms with Gasteiger partial charge < -0.3 is 9.64 Å². The van der Waals surface area contributed by atoms with Gasteiger partial charge >= 0.3 is 0 Å². The fourth-order valence-corrected chi connectivity index (χ4v) is 2.40. The molecule has 0 unspecified atom stereocenters. The van der Waals surface area contributed by atoms with Gasteiger partial charge in [0.05, 0.1) is 6.10 Å². The summed E-state index contributed by atoms with van der Waals surface area (Å²) in [6.07, 6.45) is 2.17. The second-order valence-electron chi connectivity index (χ2n) is 4.64. The number of ketones is 1. The Bertz CT molecular complexity index is 439. The molecule has 0 atom stereocenters. The van der Waals surface area contributed by atoms with Crippen molar-refractivity contribution in [1.29, 1.82) is 0 Å². The first kappa shape index (κ1) is 13.0. The lowest BCUT2D eigenvalue weighted by atomic mass is 10.0. The van der Waals surface area contributed by atoms with Crippen LogP contribution in [0.2, 0.25) is 0 Å². The Balaban J connectivity index is 2.21. The summed E-state index contributed by atoms with van der Waals surface area (Å²) in [5.41, 5.74) is 1.30. The molecule has 4 heteroatoms. The standard InChI is InChI=1S/C14H18FNO2/c1-10(17)13-9-11(15)3-4-14(13)16-7-5-12(18-2)6-8-16/h3-4,9,12H,5-8H2,1-2H3. The van der Waals surface area contributed by atoms with Gasteiger partial charge in [-0.2, -0.15) is 0 Å². The van der Waals surface area contributed by atoms with E-state index in [1.165, 1.54) is 19.1 Å². The molecule has 1 aromatic carbocycles. The number of carbonyl (C=O) groups excluding carboxylic acids is 1. The van der Waals surface area contributed by atoms with Crippen LogP contribution in [0.3, 0.4) is 0 Å². The molecular formula is C14H18FNO2. The maximum atomic E-state index is 13.2. The van der Waals surface area contributed by atoms with Crippen molar-refractivity contribution in [3.05, 3.63) is 29.6 Å². The summed E-state index contributed by atoms with van der Waals surface area (Å²) in [5.74, 6) is -0.464. The fraction of sp³-hybridized carbons (Fsp3) is 0.500. The molecule has 1 heterocycles. The van der Waals surface area contributed by atoms with Crippen molar-refractivity contribution >= 4 is 11.5 Å². The van der Waals surface area contributed by atoms with E-state index in [1.54, 1.807) is 13.2 Å². The van der Waals surface area contributed by atoms with Crippen molar-refractivity contribution in [1.82, 2.24) is 0 Å². The number of hydrogen-bond donors (Lipinski definition) is 0. The summed E-state index contributed by atoms with van der Waals surface area (Å²) in [7, 11) is 1.72. The highest BCUT2D eigenvalue weighted by atomic mass is 19.1. The van der Waals surface area contributed by atoms with Crippen molar-refractivity contribution in [3.8, 4) is 0 Å². The second-order valence-corrected chi connectivity index (χ2v) is 4.64. The first-order valence-electron chi connectivity index (χ1n) is 6.20. The van der Waals surface area contributed by atoms with Gasteiger partial charge in [0.1, 0.15) is 5.82 Å². The minimum Gasteiger partial charge on any atom is -0.381 e. The van der Waals surface area contributed by atoms with Gasteiger partial charge in [-0.05, 0) is 38.0 Å². The average Bonchev–Trinajstić information content (AvgIpc) is 2.39. The normalized spacial score (nSPS) is 16.9. The van der Waals surface area contributed by atoms with Gasteiger partial charge in [0.2, 0.25) is 0 Å². The molecule has 0 amide bonds. The van der Waals surface area contributed by atoms with Gasteiger partial charge in [-0.15, -0.1) is 0 Å². The van der Waals surface area contributed by atoms with Crippen LogP contribution in [0.5, 0.6) is 0 Å². The lowest BCUT2D eigenvalue weighted by Crippen LogP contribution is -2.37. The molecule has 0 saturated carbocycles. The van der Waals surface area contributed by atoms with Crippen molar-refractivity contribution in [2.75, 3.05) is 25.1 Å². The molecule has 0 spiro atoms. The van der Waals surface area contributed by atoms with Crippen LogP contribution in [-0.4, -0.2) is 32.1 Å². The topological polar surface area (TPSA) is 29.5 Å². The molecule has 0 bridgehead atoms. The number of Topliss-reactive ketones (excluding diaryl/α,β-unsaturated/α-hetero) is 1. The van der Waals surface area contributed by atoms with Crippen molar-refractivity contribution in [3.63, 3.8) is 0 Å². The van der Waals surface area contributed by atoms with Crippen LogP contribution in [-0.2, 0) is 4.74 Å². The summed E-state index contributed by atoms with van der Waals surface area (Å²) in [6.45, 7) is 3.15. The highest BCUT2D eigenvalue weighted by Crippen LogP contribution is 2.26. The van der Waals surface area contributed by atoms with Crippen molar-refractivity contribution < 1.29 is 13.9 Å². The molecule has 0 aliphatic carbocycles. The van der Waals surface area contributed by atoms with Crippen LogP contribution in [0, 0.1) is 5.82 Å². The van der Waals surface area contributed by atoms with Crippen LogP contribution in [0.25, 0.3) is 0 Å². The van der Waals surface area contributed by atoms with E-state index in [1.807, 2.05) is 0 Å². The third kappa shape index (κ3) is 2.70. The Kier molecular flexibility index (Phi) is 3.97. The van der Waals surface area contributed by atoms with Gasteiger partial charge in [-0.3, -0.25) is 4.79 Å². The van der Waals surface area contributed by atoms with Gasteiger partial charge in [-0.25, -0.2) is 4.39 Å². The van der Waals surface area contributed by atoms with Crippen LogP contribution in [0.4, 0.5) is 10.1 Å². The molecule has 1 aliphatic heterocycles. The zero-order chi connectivity index (χ0) is 13.1. The van der Waals surface area contributed by atoms with Crippen LogP contribution < -0.4 is 4.90 Å². The van der Waals surface area contributed by atoms with E-state index in [4.69, 9.17) is 4.74 Å². The molecule has 1 fully saturated rings. The molecule has 18 heavy (non-hydrogen) atoms. The molecule has 0 radical (unpaired) electrons. The Morgan fingerprint density at radius 1 is 1.39 bits per heavy atom. The van der Waals surface area contributed by atoms with Gasteiger partial charge in [0, 0.05) is 31.5 Å². The summed E-state index contributed by atoms with van der Waals surface area (Å²) in [4.78, 5) is 13.7. The third-order valence-corrected chi connectivity index (χ3v) is 3.45. The minimum atomic E-state index is -0.365. The van der Waals surface area contributed by atoms with Crippen molar-refractivity contribution in [2.24, 2.45) is 0 Å². The van der Waals surface area contributed by atoms with Crippen LogP contribution in [0.1, 0.15) is 30.1 Å². The Morgan fingerprint density at radius 3 is 2.61 bits per heavy atom. The number of rotatable bonds is 3. The smallest absolute Gasteiger partial charge is 0.161 e. The molecule has 0 aromatic heterocycles. The van der Waals surface area contributed by atoms with Gasteiger partial charge in [0.25, 0.3) is 0 Å². The van der Waals surface area contributed by atoms with E-state index in [-0.39, 0.29) is 11.6 Å². The number of nitrogens with zero attached hydrogens (tertiary/aromatic N) is 1. The second kappa shape index (κ2) is 5.48. The van der Waals surface area contributed by atoms with Crippen molar-refractivity contribution in [2.45, 2.75) is 25.9 Å². The third-order valence-electron chi connectivity index (χ3n) is 3.45. The number of anilines is 1. The predicted molar refractivity (Wildman–Crippen MR) is 68.6 cm³/mol. The zero-order valence-corrected chi connectivity index (χ0v) is 10.8.